The summed E-state index contributed by atoms with van der Waals surface area (Å²) in [5.41, 5.74) is 7.40. The zero-order chi connectivity index (χ0) is 28.0. The number of sulfonamides is 1. The van der Waals surface area contributed by atoms with Crippen LogP contribution in [0.2, 0.25) is 0 Å². The van der Waals surface area contributed by atoms with Gasteiger partial charge in [-0.15, -0.1) is 0 Å². The Balaban J connectivity index is 1.49. The fraction of sp³-hybridized carbons (Fsp3) is 0.552. The third-order valence-corrected chi connectivity index (χ3v) is 9.35. The van der Waals surface area contributed by atoms with E-state index in [-0.39, 0.29) is 36.1 Å². The highest BCUT2D eigenvalue weighted by Gasteiger charge is 2.40. The molecule has 2 fully saturated rings. The molecule has 10 heteroatoms. The summed E-state index contributed by atoms with van der Waals surface area (Å²) < 4.78 is 39.9. The van der Waals surface area contributed by atoms with Crippen LogP contribution in [0, 0.1) is 11.8 Å². The minimum atomic E-state index is -3.90. The number of rotatable bonds is 12. The molecule has 1 unspecified atom stereocenters. The Hall–Kier alpha value is -2.50. The molecule has 1 amide bonds. The zero-order valence-electron chi connectivity index (χ0n) is 22.7. The molecule has 2 aliphatic rings. The largest absolute Gasteiger partial charge is 0.446 e. The topological polar surface area (TPSA) is 131 Å². The Labute approximate surface area is 231 Å². The summed E-state index contributed by atoms with van der Waals surface area (Å²) in [7, 11) is -3.90. The molecule has 0 bridgehead atoms. The fourth-order valence-electron chi connectivity index (χ4n) is 5.46. The molecule has 1 saturated carbocycles. The van der Waals surface area contributed by atoms with E-state index in [1.807, 2.05) is 44.2 Å². The predicted octanol–water partition coefficient (Wildman–Crippen LogP) is 3.06. The normalized spacial score (nSPS) is 22.6. The Morgan fingerprint density at radius 1 is 1.10 bits per heavy atom. The summed E-state index contributed by atoms with van der Waals surface area (Å²) >= 11 is 0. The van der Waals surface area contributed by atoms with Crippen molar-refractivity contribution in [3.8, 4) is 0 Å². The lowest BCUT2D eigenvalue weighted by molar-refractivity contribution is 0.0554. The summed E-state index contributed by atoms with van der Waals surface area (Å²) in [5.74, 6) is 0.437. The molecule has 4 N–H and O–H groups in total. The molecule has 0 aromatic heterocycles. The van der Waals surface area contributed by atoms with Crippen LogP contribution in [-0.4, -0.2) is 68.0 Å². The number of carbonyl (C=O) groups is 1. The summed E-state index contributed by atoms with van der Waals surface area (Å²) in [6.07, 6.45) is 0.858. The van der Waals surface area contributed by atoms with Crippen molar-refractivity contribution in [2.45, 2.75) is 75.3 Å². The van der Waals surface area contributed by atoms with Crippen LogP contribution < -0.4 is 11.1 Å². The molecule has 1 saturated heterocycles. The Morgan fingerprint density at radius 2 is 1.82 bits per heavy atom. The summed E-state index contributed by atoms with van der Waals surface area (Å²) in [6, 6.07) is 15.2. The monoisotopic (exact) mass is 559 g/mol. The van der Waals surface area contributed by atoms with E-state index in [0.29, 0.717) is 25.3 Å². The van der Waals surface area contributed by atoms with Crippen LogP contribution in [0.15, 0.2) is 59.5 Å². The first-order valence-corrected chi connectivity index (χ1v) is 15.2. The minimum Gasteiger partial charge on any atom is -0.446 e. The van der Waals surface area contributed by atoms with E-state index in [2.05, 4.69) is 5.32 Å². The second-order valence-corrected chi connectivity index (χ2v) is 13.0. The average Bonchev–Trinajstić information content (AvgIpc) is 3.50. The highest BCUT2D eigenvalue weighted by Crippen LogP contribution is 2.37. The quantitative estimate of drug-likeness (QED) is 0.364. The van der Waals surface area contributed by atoms with E-state index < -0.39 is 28.3 Å². The van der Waals surface area contributed by atoms with E-state index in [4.69, 9.17) is 15.2 Å². The van der Waals surface area contributed by atoms with E-state index >= 15 is 0 Å². The molecule has 1 aliphatic heterocycles. The SMILES string of the molecule is CC(C)CN(C[C@@H](O)[C@H](Cc1ccccc1)NC(=O)O[C@@H]1CC2CCO[C@@H]2C1)S(=O)(=O)c1ccc(CN)cc1. The number of ether oxygens (including phenoxy) is 2. The molecule has 0 spiro atoms. The first-order chi connectivity index (χ1) is 18.7. The van der Waals surface area contributed by atoms with Gasteiger partial charge in [-0.05, 0) is 54.4 Å². The Kier molecular flexibility index (Phi) is 10.0. The number of nitrogens with zero attached hydrogens (tertiary/aromatic N) is 1. The van der Waals surface area contributed by atoms with Gasteiger partial charge >= 0.3 is 6.09 Å². The lowest BCUT2D eigenvalue weighted by Gasteiger charge is -2.31. The second-order valence-electron chi connectivity index (χ2n) is 11.0. The second kappa shape index (κ2) is 13.2. The zero-order valence-corrected chi connectivity index (χ0v) is 23.6. The third-order valence-electron chi connectivity index (χ3n) is 7.50. The fourth-order valence-corrected chi connectivity index (χ4v) is 7.08. The van der Waals surface area contributed by atoms with Gasteiger partial charge in [-0.2, -0.15) is 4.31 Å². The lowest BCUT2D eigenvalue weighted by atomic mass is 10.0. The van der Waals surface area contributed by atoms with Crippen molar-refractivity contribution in [3.05, 3.63) is 65.7 Å². The van der Waals surface area contributed by atoms with Gasteiger partial charge in [0.05, 0.1) is 23.1 Å². The van der Waals surface area contributed by atoms with Gasteiger partial charge < -0.3 is 25.6 Å². The number of carbonyl (C=O) groups excluding carboxylic acids is 1. The Bertz CT molecular complexity index is 1160. The van der Waals surface area contributed by atoms with Crippen molar-refractivity contribution in [2.24, 2.45) is 17.6 Å². The number of fused-ring (bicyclic) bond motifs is 1. The molecule has 1 heterocycles. The van der Waals surface area contributed by atoms with E-state index in [9.17, 15) is 18.3 Å². The van der Waals surface area contributed by atoms with Crippen molar-refractivity contribution < 1.29 is 27.8 Å². The molecular weight excluding hydrogens is 518 g/mol. The molecule has 2 aromatic carbocycles. The van der Waals surface area contributed by atoms with Gasteiger partial charge in [0.15, 0.2) is 0 Å². The number of nitrogens with one attached hydrogen (secondary N) is 1. The Morgan fingerprint density at radius 3 is 2.46 bits per heavy atom. The molecule has 0 radical (unpaired) electrons. The van der Waals surface area contributed by atoms with E-state index in [0.717, 1.165) is 30.6 Å². The van der Waals surface area contributed by atoms with Gasteiger partial charge in [-0.1, -0.05) is 56.3 Å². The maximum atomic E-state index is 13.6. The van der Waals surface area contributed by atoms with Crippen molar-refractivity contribution >= 4 is 16.1 Å². The molecule has 39 heavy (non-hydrogen) atoms. The van der Waals surface area contributed by atoms with Crippen LogP contribution in [0.1, 0.15) is 44.2 Å². The van der Waals surface area contributed by atoms with Crippen LogP contribution in [0.4, 0.5) is 4.79 Å². The van der Waals surface area contributed by atoms with Crippen LogP contribution in [0.3, 0.4) is 0 Å². The molecule has 214 valence electrons. The molecular formula is C29H41N3O6S. The number of aliphatic hydroxyl groups excluding tert-OH is 1. The molecule has 4 rings (SSSR count). The number of benzene rings is 2. The average molecular weight is 560 g/mol. The van der Waals surface area contributed by atoms with Crippen molar-refractivity contribution in [1.29, 1.82) is 0 Å². The first kappa shape index (κ1) is 29.5. The minimum absolute atomic E-state index is 0.0184. The number of amides is 1. The summed E-state index contributed by atoms with van der Waals surface area (Å²) in [6.45, 7) is 4.94. The van der Waals surface area contributed by atoms with Gasteiger partial charge in [0.25, 0.3) is 0 Å². The van der Waals surface area contributed by atoms with Crippen molar-refractivity contribution in [1.82, 2.24) is 9.62 Å². The number of hydrogen-bond acceptors (Lipinski definition) is 7. The smallest absolute Gasteiger partial charge is 0.407 e. The maximum Gasteiger partial charge on any atom is 0.407 e. The highest BCUT2D eigenvalue weighted by molar-refractivity contribution is 7.89. The maximum absolute atomic E-state index is 13.6. The number of hydrogen-bond donors (Lipinski definition) is 3. The molecule has 1 aliphatic carbocycles. The van der Waals surface area contributed by atoms with Gasteiger partial charge in [0.2, 0.25) is 10.0 Å². The molecule has 2 aromatic rings. The third kappa shape index (κ3) is 7.79. The summed E-state index contributed by atoms with van der Waals surface area (Å²) in [4.78, 5) is 13.1. The van der Waals surface area contributed by atoms with Crippen LogP contribution in [-0.2, 0) is 32.5 Å². The standard InChI is InChI=1S/C29H41N3O6S/c1-20(2)18-32(39(35,36)25-10-8-22(17-30)9-11-25)19-27(33)26(14-21-6-4-3-5-7-21)31-29(34)38-24-15-23-12-13-37-28(23)16-24/h3-11,20,23-24,26-28,33H,12-19,30H2,1-2H3,(H,31,34)/t23?,24-,26+,27-,28-/m1/s1. The number of alkyl carbamates (subject to hydrolysis) is 1. The number of nitrogens with two attached hydrogens (primary N) is 1. The van der Waals surface area contributed by atoms with Gasteiger partial charge in [-0.25, -0.2) is 13.2 Å². The van der Waals surface area contributed by atoms with Crippen LogP contribution in [0.25, 0.3) is 0 Å². The van der Waals surface area contributed by atoms with Gasteiger partial charge in [0, 0.05) is 32.7 Å². The summed E-state index contributed by atoms with van der Waals surface area (Å²) in [5, 5.41) is 14.2. The van der Waals surface area contributed by atoms with Gasteiger partial charge in [0.1, 0.15) is 6.10 Å². The lowest BCUT2D eigenvalue weighted by Crippen LogP contribution is -2.51. The van der Waals surface area contributed by atoms with E-state index in [1.165, 1.54) is 16.4 Å². The van der Waals surface area contributed by atoms with Crippen LogP contribution >= 0.6 is 0 Å². The molecule has 9 nitrogen and oxygen atoms in total. The van der Waals surface area contributed by atoms with Crippen LogP contribution in [0.5, 0.6) is 0 Å². The van der Waals surface area contributed by atoms with Crippen molar-refractivity contribution in [3.63, 3.8) is 0 Å². The predicted molar refractivity (Wildman–Crippen MR) is 148 cm³/mol. The van der Waals surface area contributed by atoms with Gasteiger partial charge in [-0.3, -0.25) is 0 Å². The molecule has 5 atom stereocenters. The number of aliphatic hydroxyl groups is 1. The van der Waals surface area contributed by atoms with Crippen molar-refractivity contribution in [2.75, 3.05) is 19.7 Å². The first-order valence-electron chi connectivity index (χ1n) is 13.8. The highest BCUT2D eigenvalue weighted by atomic mass is 32.2. The van der Waals surface area contributed by atoms with E-state index in [1.54, 1.807) is 12.1 Å².